The van der Waals surface area contributed by atoms with Crippen molar-refractivity contribution < 1.29 is 8.42 Å². The summed E-state index contributed by atoms with van der Waals surface area (Å²) in [5.41, 5.74) is 0. The Labute approximate surface area is 117 Å². The molecule has 7 heteroatoms. The summed E-state index contributed by atoms with van der Waals surface area (Å²) < 4.78 is 25.8. The van der Waals surface area contributed by atoms with E-state index < -0.39 is 10.0 Å². The summed E-state index contributed by atoms with van der Waals surface area (Å²) in [4.78, 5) is -0.0828. The number of benzene rings is 1. The van der Waals surface area contributed by atoms with Gasteiger partial charge in [0.1, 0.15) is 11.4 Å². The molecule has 1 aromatic rings. The van der Waals surface area contributed by atoms with Crippen LogP contribution in [-0.2, 0) is 10.0 Å². The normalized spacial score (nSPS) is 11.8. The van der Waals surface area contributed by atoms with Gasteiger partial charge in [-0.2, -0.15) is 9.57 Å². The van der Waals surface area contributed by atoms with Gasteiger partial charge in [-0.3, -0.25) is 0 Å². The molecule has 18 heavy (non-hydrogen) atoms. The standard InChI is InChI=1S/C11H12Cl2N2O2S/c1-8(2)15(6-5-14)18(16,17)11-7-9(12)3-4-10(11)13/h3-4,7-8H,6H2,1-2H3. The Kier molecular flexibility index (Phi) is 5.00. The van der Waals surface area contributed by atoms with Crippen LogP contribution in [0.25, 0.3) is 0 Å². The van der Waals surface area contributed by atoms with Crippen molar-refractivity contribution in [1.82, 2.24) is 4.31 Å². The maximum atomic E-state index is 12.4. The van der Waals surface area contributed by atoms with Crippen molar-refractivity contribution in [2.24, 2.45) is 0 Å². The Bertz CT molecular complexity index is 579. The van der Waals surface area contributed by atoms with E-state index in [1.54, 1.807) is 13.8 Å². The van der Waals surface area contributed by atoms with E-state index in [1.165, 1.54) is 18.2 Å². The average Bonchev–Trinajstić information content (AvgIpc) is 2.28. The first kappa shape index (κ1) is 15.3. The molecule has 0 heterocycles. The van der Waals surface area contributed by atoms with Crippen LogP contribution >= 0.6 is 23.2 Å². The number of nitrogens with zero attached hydrogens (tertiary/aromatic N) is 2. The van der Waals surface area contributed by atoms with Crippen LogP contribution in [0, 0.1) is 11.3 Å². The van der Waals surface area contributed by atoms with Gasteiger partial charge in [0.2, 0.25) is 10.0 Å². The minimum atomic E-state index is -3.82. The summed E-state index contributed by atoms with van der Waals surface area (Å²) in [6.45, 7) is 3.14. The third-order valence-corrected chi connectivity index (χ3v) is 5.02. The lowest BCUT2D eigenvalue weighted by molar-refractivity contribution is 0.385. The molecule has 0 unspecified atom stereocenters. The average molecular weight is 307 g/mol. The van der Waals surface area contributed by atoms with Crippen LogP contribution in [0.5, 0.6) is 0 Å². The second-order valence-electron chi connectivity index (χ2n) is 3.88. The molecule has 0 fully saturated rings. The highest BCUT2D eigenvalue weighted by Gasteiger charge is 2.28. The van der Waals surface area contributed by atoms with Crippen molar-refractivity contribution in [3.05, 3.63) is 28.2 Å². The summed E-state index contributed by atoms with van der Waals surface area (Å²) in [6.07, 6.45) is 0. The molecule has 0 aliphatic carbocycles. The monoisotopic (exact) mass is 306 g/mol. The fourth-order valence-electron chi connectivity index (χ4n) is 1.42. The molecule has 0 N–H and O–H groups in total. The maximum Gasteiger partial charge on any atom is 0.245 e. The molecule has 0 aliphatic heterocycles. The number of hydrogen-bond donors (Lipinski definition) is 0. The Morgan fingerprint density at radius 2 is 2.00 bits per heavy atom. The maximum absolute atomic E-state index is 12.4. The molecule has 0 saturated heterocycles. The van der Waals surface area contributed by atoms with Gasteiger partial charge in [-0.25, -0.2) is 8.42 Å². The molecule has 0 radical (unpaired) electrons. The minimum Gasteiger partial charge on any atom is -0.207 e. The lowest BCUT2D eigenvalue weighted by atomic mass is 10.4. The van der Waals surface area contributed by atoms with Gasteiger partial charge in [0, 0.05) is 11.1 Å². The van der Waals surface area contributed by atoms with E-state index in [0.29, 0.717) is 0 Å². The molecule has 4 nitrogen and oxygen atoms in total. The van der Waals surface area contributed by atoms with Gasteiger partial charge >= 0.3 is 0 Å². The fourth-order valence-corrected chi connectivity index (χ4v) is 3.69. The molecule has 1 aromatic carbocycles. The van der Waals surface area contributed by atoms with Gasteiger partial charge in [0.15, 0.2) is 0 Å². The zero-order chi connectivity index (χ0) is 13.9. The van der Waals surface area contributed by atoms with Gasteiger partial charge in [-0.05, 0) is 32.0 Å². The highest BCUT2D eigenvalue weighted by atomic mass is 35.5. The van der Waals surface area contributed by atoms with Crippen LogP contribution in [0.3, 0.4) is 0 Å². The lowest BCUT2D eigenvalue weighted by Gasteiger charge is -2.23. The largest absolute Gasteiger partial charge is 0.245 e. The van der Waals surface area contributed by atoms with E-state index >= 15 is 0 Å². The smallest absolute Gasteiger partial charge is 0.207 e. The van der Waals surface area contributed by atoms with Crippen LogP contribution in [-0.4, -0.2) is 25.3 Å². The van der Waals surface area contributed by atoms with Gasteiger partial charge in [0.05, 0.1) is 11.1 Å². The molecule has 0 aromatic heterocycles. The van der Waals surface area contributed by atoms with Crippen molar-refractivity contribution in [3.8, 4) is 6.07 Å². The fraction of sp³-hybridized carbons (Fsp3) is 0.364. The van der Waals surface area contributed by atoms with Crippen LogP contribution in [0.1, 0.15) is 13.8 Å². The van der Waals surface area contributed by atoms with Gasteiger partial charge in [-0.1, -0.05) is 23.2 Å². The zero-order valence-electron chi connectivity index (χ0n) is 9.89. The topological polar surface area (TPSA) is 61.2 Å². The molecule has 0 amide bonds. The van der Waals surface area contributed by atoms with Crippen LogP contribution in [0.4, 0.5) is 0 Å². The van der Waals surface area contributed by atoms with E-state index in [9.17, 15) is 8.42 Å². The predicted octanol–water partition coefficient (Wildman–Crippen LogP) is 2.92. The number of sulfonamides is 1. The Balaban J connectivity index is 3.36. The first-order valence-corrected chi connectivity index (χ1v) is 7.34. The summed E-state index contributed by atoms with van der Waals surface area (Å²) in [6, 6.07) is 5.70. The Morgan fingerprint density at radius 1 is 1.39 bits per heavy atom. The van der Waals surface area contributed by atoms with E-state index in [2.05, 4.69) is 0 Å². The molecule has 0 saturated carbocycles. The third kappa shape index (κ3) is 3.15. The van der Waals surface area contributed by atoms with Crippen molar-refractivity contribution in [2.45, 2.75) is 24.8 Å². The van der Waals surface area contributed by atoms with Crippen LogP contribution in [0.2, 0.25) is 10.0 Å². The number of halogens is 2. The Hall–Kier alpha value is -0.800. The van der Waals surface area contributed by atoms with Crippen molar-refractivity contribution in [3.63, 3.8) is 0 Å². The first-order chi connectivity index (χ1) is 8.30. The quantitative estimate of drug-likeness (QED) is 0.804. The summed E-state index contributed by atoms with van der Waals surface area (Å²) in [5, 5.41) is 9.07. The molecule has 0 aliphatic rings. The molecular weight excluding hydrogens is 295 g/mol. The van der Waals surface area contributed by atoms with E-state index in [-0.39, 0.29) is 27.5 Å². The summed E-state index contributed by atoms with van der Waals surface area (Å²) in [5.74, 6) is 0. The van der Waals surface area contributed by atoms with Crippen molar-refractivity contribution >= 4 is 33.2 Å². The minimum absolute atomic E-state index is 0.0828. The Morgan fingerprint density at radius 3 is 2.50 bits per heavy atom. The lowest BCUT2D eigenvalue weighted by Crippen LogP contribution is -2.37. The van der Waals surface area contributed by atoms with Gasteiger partial charge < -0.3 is 0 Å². The van der Waals surface area contributed by atoms with Crippen LogP contribution in [0.15, 0.2) is 23.1 Å². The highest BCUT2D eigenvalue weighted by molar-refractivity contribution is 7.89. The van der Waals surface area contributed by atoms with E-state index in [0.717, 1.165) is 4.31 Å². The van der Waals surface area contributed by atoms with E-state index in [4.69, 9.17) is 28.5 Å². The third-order valence-electron chi connectivity index (χ3n) is 2.28. The van der Waals surface area contributed by atoms with Crippen molar-refractivity contribution in [2.75, 3.05) is 6.54 Å². The van der Waals surface area contributed by atoms with Crippen LogP contribution < -0.4 is 0 Å². The molecular formula is C11H12Cl2N2O2S. The number of nitriles is 1. The molecule has 0 atom stereocenters. The predicted molar refractivity (Wildman–Crippen MR) is 71.1 cm³/mol. The van der Waals surface area contributed by atoms with Gasteiger partial charge in [0.25, 0.3) is 0 Å². The number of rotatable bonds is 4. The second-order valence-corrected chi connectivity index (χ2v) is 6.58. The SMILES string of the molecule is CC(C)N(CC#N)S(=O)(=O)c1cc(Cl)ccc1Cl. The summed E-state index contributed by atoms with van der Waals surface area (Å²) >= 11 is 11.7. The number of hydrogen-bond acceptors (Lipinski definition) is 3. The second kappa shape index (κ2) is 5.89. The molecule has 0 bridgehead atoms. The first-order valence-electron chi connectivity index (χ1n) is 5.14. The molecule has 98 valence electrons. The summed E-state index contributed by atoms with van der Waals surface area (Å²) in [7, 11) is -3.82. The van der Waals surface area contributed by atoms with Gasteiger partial charge in [-0.15, -0.1) is 0 Å². The van der Waals surface area contributed by atoms with E-state index in [1.807, 2.05) is 6.07 Å². The zero-order valence-corrected chi connectivity index (χ0v) is 12.2. The molecule has 0 spiro atoms. The molecule has 1 rings (SSSR count). The van der Waals surface area contributed by atoms with Crippen molar-refractivity contribution in [1.29, 1.82) is 5.26 Å². The highest BCUT2D eigenvalue weighted by Crippen LogP contribution is 2.28.